The van der Waals surface area contributed by atoms with Crippen molar-refractivity contribution < 1.29 is 14.0 Å². The lowest BCUT2D eigenvalue weighted by atomic mass is 10.2. The number of furan rings is 1. The van der Waals surface area contributed by atoms with Gasteiger partial charge in [-0.2, -0.15) is 5.10 Å². The summed E-state index contributed by atoms with van der Waals surface area (Å²) in [5.74, 6) is 1.26. The van der Waals surface area contributed by atoms with Crippen molar-refractivity contribution in [2.45, 2.75) is 13.8 Å². The number of benzene rings is 1. The molecule has 0 radical (unpaired) electrons. The first-order valence-corrected chi connectivity index (χ1v) is 10.5. The maximum absolute atomic E-state index is 13.0. The van der Waals surface area contributed by atoms with Crippen LogP contribution in [0.25, 0.3) is 17.1 Å². The van der Waals surface area contributed by atoms with Crippen LogP contribution in [0.5, 0.6) is 0 Å². The zero-order valence-corrected chi connectivity index (χ0v) is 17.9. The normalized spacial score (nSPS) is 14.6. The van der Waals surface area contributed by atoms with E-state index in [1.807, 2.05) is 54.3 Å². The summed E-state index contributed by atoms with van der Waals surface area (Å²) in [7, 11) is 0. The predicted molar refractivity (Wildman–Crippen MR) is 117 cm³/mol. The quantitative estimate of drug-likeness (QED) is 0.661. The molecule has 0 atom stereocenters. The highest BCUT2D eigenvalue weighted by atomic mass is 16.3. The molecule has 4 rings (SSSR count). The van der Waals surface area contributed by atoms with Crippen molar-refractivity contribution in [3.05, 3.63) is 60.0 Å². The number of piperazine rings is 1. The number of nitrogens with one attached hydrogen (secondary N) is 1. The van der Waals surface area contributed by atoms with E-state index < -0.39 is 0 Å². The Morgan fingerprint density at radius 2 is 1.81 bits per heavy atom. The molecule has 3 heterocycles. The number of para-hydroxylation sites is 1. The van der Waals surface area contributed by atoms with Crippen LogP contribution < -0.4 is 5.32 Å². The molecular weight excluding hydrogens is 394 g/mol. The molecule has 8 heteroatoms. The van der Waals surface area contributed by atoms with E-state index in [9.17, 15) is 9.59 Å². The van der Waals surface area contributed by atoms with Gasteiger partial charge in [-0.3, -0.25) is 14.5 Å². The van der Waals surface area contributed by atoms with Gasteiger partial charge < -0.3 is 14.6 Å². The highest BCUT2D eigenvalue weighted by Gasteiger charge is 2.22. The lowest BCUT2D eigenvalue weighted by molar-refractivity contribution is -0.130. The van der Waals surface area contributed by atoms with Crippen LogP contribution >= 0.6 is 0 Å². The summed E-state index contributed by atoms with van der Waals surface area (Å²) in [4.78, 5) is 28.6. The minimum absolute atomic E-state index is 0.115. The van der Waals surface area contributed by atoms with Gasteiger partial charge in [0.2, 0.25) is 5.91 Å². The van der Waals surface area contributed by atoms with E-state index in [2.05, 4.69) is 15.3 Å². The second-order valence-electron chi connectivity index (χ2n) is 7.69. The minimum atomic E-state index is -0.186. The number of aryl methyl sites for hydroxylation is 1. The molecule has 1 aliphatic heterocycles. The van der Waals surface area contributed by atoms with Gasteiger partial charge in [0.25, 0.3) is 5.91 Å². The van der Waals surface area contributed by atoms with Gasteiger partial charge in [0, 0.05) is 52.4 Å². The molecule has 1 N–H and O–H groups in total. The van der Waals surface area contributed by atoms with Crippen molar-refractivity contribution in [2.75, 3.05) is 39.3 Å². The largest absolute Gasteiger partial charge is 0.460 e. The van der Waals surface area contributed by atoms with Crippen LogP contribution in [0, 0.1) is 6.92 Å². The average molecular weight is 422 g/mol. The van der Waals surface area contributed by atoms with Crippen LogP contribution in [0.15, 0.2) is 53.1 Å². The Balaban J connectivity index is 1.44. The van der Waals surface area contributed by atoms with Gasteiger partial charge >= 0.3 is 0 Å². The number of amides is 2. The first-order valence-electron chi connectivity index (χ1n) is 10.5. The molecule has 1 aromatic carbocycles. The van der Waals surface area contributed by atoms with Crippen LogP contribution in [-0.4, -0.2) is 70.7 Å². The Hall–Kier alpha value is -3.39. The topological polar surface area (TPSA) is 83.6 Å². The fourth-order valence-corrected chi connectivity index (χ4v) is 3.71. The molecule has 31 heavy (non-hydrogen) atoms. The molecule has 162 valence electrons. The molecule has 0 aliphatic carbocycles. The Labute approximate surface area is 181 Å². The summed E-state index contributed by atoms with van der Waals surface area (Å²) < 4.78 is 7.44. The van der Waals surface area contributed by atoms with Crippen molar-refractivity contribution in [1.82, 2.24) is 24.9 Å². The molecule has 2 amide bonds. The summed E-state index contributed by atoms with van der Waals surface area (Å²) in [6, 6.07) is 13.4. The first-order chi connectivity index (χ1) is 15.0. The fourth-order valence-electron chi connectivity index (χ4n) is 3.71. The molecule has 2 aromatic heterocycles. The molecule has 1 fully saturated rings. The van der Waals surface area contributed by atoms with Gasteiger partial charge in [-0.1, -0.05) is 18.2 Å². The van der Waals surface area contributed by atoms with Crippen LogP contribution in [0.4, 0.5) is 0 Å². The third-order valence-corrected chi connectivity index (χ3v) is 5.48. The third-order valence-electron chi connectivity index (χ3n) is 5.48. The molecule has 0 bridgehead atoms. The average Bonchev–Trinajstić information content (AvgIpc) is 3.41. The minimum Gasteiger partial charge on any atom is -0.460 e. The van der Waals surface area contributed by atoms with Crippen molar-refractivity contribution >= 4 is 11.8 Å². The zero-order valence-electron chi connectivity index (χ0n) is 17.9. The molecule has 0 spiro atoms. The summed E-state index contributed by atoms with van der Waals surface area (Å²) in [5, 5.41) is 7.63. The third kappa shape index (κ3) is 4.86. The van der Waals surface area contributed by atoms with Gasteiger partial charge in [0.05, 0.1) is 11.3 Å². The molecule has 8 nitrogen and oxygen atoms in total. The van der Waals surface area contributed by atoms with Crippen LogP contribution in [0.1, 0.15) is 23.0 Å². The van der Waals surface area contributed by atoms with Crippen molar-refractivity contribution in [2.24, 2.45) is 0 Å². The molecule has 0 unspecified atom stereocenters. The van der Waals surface area contributed by atoms with Gasteiger partial charge in [0.1, 0.15) is 11.5 Å². The summed E-state index contributed by atoms with van der Waals surface area (Å²) in [6.07, 6.45) is 1.74. The van der Waals surface area contributed by atoms with Crippen LogP contribution in [-0.2, 0) is 4.79 Å². The van der Waals surface area contributed by atoms with E-state index in [-0.39, 0.29) is 11.8 Å². The predicted octanol–water partition coefficient (Wildman–Crippen LogP) is 2.33. The highest BCUT2D eigenvalue weighted by molar-refractivity contribution is 5.99. The Bertz CT molecular complexity index is 1050. The smallest absolute Gasteiger partial charge is 0.255 e. The van der Waals surface area contributed by atoms with E-state index in [1.54, 1.807) is 17.8 Å². The number of carbonyl (C=O) groups is 2. The van der Waals surface area contributed by atoms with Gasteiger partial charge in [-0.25, -0.2) is 4.68 Å². The Morgan fingerprint density at radius 3 is 2.45 bits per heavy atom. The highest BCUT2D eigenvalue weighted by Crippen LogP contribution is 2.25. The number of carbonyl (C=O) groups excluding carboxylic acids is 2. The lowest BCUT2D eigenvalue weighted by Crippen LogP contribution is -2.49. The first kappa shape index (κ1) is 20.9. The number of hydrogen-bond donors (Lipinski definition) is 1. The number of aromatic nitrogens is 2. The van der Waals surface area contributed by atoms with E-state index >= 15 is 0 Å². The molecule has 0 saturated carbocycles. The van der Waals surface area contributed by atoms with E-state index in [4.69, 9.17) is 4.42 Å². The maximum atomic E-state index is 13.0. The van der Waals surface area contributed by atoms with E-state index in [1.165, 1.54) is 0 Å². The monoisotopic (exact) mass is 421 g/mol. The van der Waals surface area contributed by atoms with Crippen molar-refractivity contribution in [3.63, 3.8) is 0 Å². The zero-order chi connectivity index (χ0) is 21.8. The summed E-state index contributed by atoms with van der Waals surface area (Å²) in [5.41, 5.74) is 1.86. The van der Waals surface area contributed by atoms with Gasteiger partial charge in [0.15, 0.2) is 5.76 Å². The van der Waals surface area contributed by atoms with Crippen LogP contribution in [0.3, 0.4) is 0 Å². The van der Waals surface area contributed by atoms with Gasteiger partial charge in [-0.05, 0) is 31.2 Å². The lowest BCUT2D eigenvalue weighted by Gasteiger charge is -2.34. The molecule has 1 aliphatic rings. The standard InChI is InChI=1S/C23H27N5O3/c1-17-8-9-21(31-17)22-20(16-28(25-22)19-6-4-3-5-7-19)23(30)24-10-11-26-12-14-27(15-13-26)18(2)29/h3-9,16H,10-15H2,1-2H3,(H,24,30). The molecule has 3 aromatic rings. The van der Waals surface area contributed by atoms with Gasteiger partial charge in [-0.15, -0.1) is 0 Å². The summed E-state index contributed by atoms with van der Waals surface area (Å²) in [6.45, 7) is 7.82. The molecular formula is C23H27N5O3. The molecule has 1 saturated heterocycles. The van der Waals surface area contributed by atoms with E-state index in [0.29, 0.717) is 23.6 Å². The second-order valence-corrected chi connectivity index (χ2v) is 7.69. The van der Waals surface area contributed by atoms with Crippen molar-refractivity contribution in [1.29, 1.82) is 0 Å². The van der Waals surface area contributed by atoms with Crippen molar-refractivity contribution in [3.8, 4) is 17.1 Å². The van der Waals surface area contributed by atoms with Crippen LogP contribution in [0.2, 0.25) is 0 Å². The SMILES string of the molecule is CC(=O)N1CCN(CCNC(=O)c2cn(-c3ccccc3)nc2-c2ccc(C)o2)CC1. The fraction of sp³-hybridized carbons (Fsp3) is 0.348. The number of nitrogens with zero attached hydrogens (tertiary/aromatic N) is 4. The Kier molecular flexibility index (Phi) is 6.18. The summed E-state index contributed by atoms with van der Waals surface area (Å²) >= 11 is 0. The number of rotatable bonds is 6. The van der Waals surface area contributed by atoms with E-state index in [0.717, 1.165) is 44.2 Å². The maximum Gasteiger partial charge on any atom is 0.255 e. The second kappa shape index (κ2) is 9.18. The number of hydrogen-bond acceptors (Lipinski definition) is 5. The Morgan fingerprint density at radius 1 is 1.06 bits per heavy atom.